The molecule has 0 atom stereocenters. The Labute approximate surface area is 144 Å². The van der Waals surface area contributed by atoms with Crippen LogP contribution in [0.15, 0.2) is 29.5 Å². The number of anilines is 1. The van der Waals surface area contributed by atoms with Crippen LogP contribution in [-0.2, 0) is 7.05 Å². The highest BCUT2D eigenvalue weighted by Crippen LogP contribution is 2.16. The second-order valence-electron chi connectivity index (χ2n) is 5.24. The van der Waals surface area contributed by atoms with Crippen LogP contribution in [0.2, 0.25) is 0 Å². The molecule has 2 aromatic rings. The molecule has 0 aliphatic rings. The fourth-order valence-electron chi connectivity index (χ4n) is 1.85. The second-order valence-corrected chi connectivity index (χ2v) is 5.24. The van der Waals surface area contributed by atoms with Gasteiger partial charge in [-0.3, -0.25) is 14.3 Å². The molecule has 0 saturated carbocycles. The zero-order valence-electron chi connectivity index (χ0n) is 14.3. The first-order valence-corrected chi connectivity index (χ1v) is 7.26. The van der Waals surface area contributed by atoms with Gasteiger partial charge in [-0.15, -0.1) is 5.10 Å². The van der Waals surface area contributed by atoms with E-state index in [1.54, 1.807) is 38.2 Å². The van der Waals surface area contributed by atoms with Crippen LogP contribution in [0.1, 0.15) is 20.8 Å². The van der Waals surface area contributed by atoms with Gasteiger partial charge in [0.2, 0.25) is 5.88 Å². The van der Waals surface area contributed by atoms with E-state index in [1.807, 2.05) is 0 Å². The van der Waals surface area contributed by atoms with E-state index in [9.17, 15) is 9.59 Å². The van der Waals surface area contributed by atoms with Gasteiger partial charge >= 0.3 is 0 Å². The van der Waals surface area contributed by atoms with E-state index in [0.29, 0.717) is 0 Å². The highest BCUT2D eigenvalue weighted by molar-refractivity contribution is 6.05. The number of hydrazone groups is 1. The molecule has 0 aromatic carbocycles. The maximum Gasteiger partial charge on any atom is 0.290 e. The van der Waals surface area contributed by atoms with Crippen LogP contribution < -0.4 is 15.5 Å². The zero-order chi connectivity index (χ0) is 18.4. The molecule has 0 aliphatic heterocycles. The molecule has 0 spiro atoms. The van der Waals surface area contributed by atoms with Crippen LogP contribution in [0.4, 0.5) is 5.82 Å². The number of ether oxygens (including phenoxy) is 1. The predicted molar refractivity (Wildman–Crippen MR) is 91.6 cm³/mol. The van der Waals surface area contributed by atoms with Crippen LogP contribution in [0, 0.1) is 0 Å². The van der Waals surface area contributed by atoms with E-state index in [2.05, 4.69) is 25.9 Å². The van der Waals surface area contributed by atoms with Crippen molar-refractivity contribution >= 4 is 24.0 Å². The predicted octanol–water partition coefficient (Wildman–Crippen LogP) is 0.311. The number of aryl methyl sites for hydroxylation is 1. The quantitative estimate of drug-likeness (QED) is 0.442. The van der Waals surface area contributed by atoms with Crippen molar-refractivity contribution in [3.63, 3.8) is 0 Å². The Balaban J connectivity index is 2.10. The number of nitrogens with zero attached hydrogens (tertiary/aromatic N) is 5. The lowest BCUT2D eigenvalue weighted by atomic mass is 10.3. The Morgan fingerprint density at radius 1 is 1.32 bits per heavy atom. The molecule has 0 saturated heterocycles. The first-order valence-electron chi connectivity index (χ1n) is 7.26. The summed E-state index contributed by atoms with van der Waals surface area (Å²) in [5.41, 5.74) is 2.72. The third kappa shape index (κ3) is 4.77. The van der Waals surface area contributed by atoms with Gasteiger partial charge in [0.05, 0.1) is 7.11 Å². The number of amides is 2. The molecule has 10 heteroatoms. The summed E-state index contributed by atoms with van der Waals surface area (Å²) < 4.78 is 6.52. The summed E-state index contributed by atoms with van der Waals surface area (Å²) in [6.07, 6.45) is 2.97. The summed E-state index contributed by atoms with van der Waals surface area (Å²) in [6, 6.07) is 4.69. The lowest BCUT2D eigenvalue weighted by Crippen LogP contribution is -2.22. The lowest BCUT2D eigenvalue weighted by Gasteiger charge is -2.06. The van der Waals surface area contributed by atoms with Crippen LogP contribution in [0.5, 0.6) is 5.88 Å². The summed E-state index contributed by atoms with van der Waals surface area (Å²) in [5, 5.41) is 10.4. The summed E-state index contributed by atoms with van der Waals surface area (Å²) in [7, 11) is 6.65. The number of aromatic nitrogens is 3. The van der Waals surface area contributed by atoms with Gasteiger partial charge in [0, 0.05) is 27.3 Å². The van der Waals surface area contributed by atoms with E-state index in [-0.39, 0.29) is 23.0 Å². The topological polar surface area (TPSA) is 114 Å². The van der Waals surface area contributed by atoms with Crippen molar-refractivity contribution in [3.8, 4) is 5.88 Å². The first-order chi connectivity index (χ1) is 11.9. The van der Waals surface area contributed by atoms with Crippen molar-refractivity contribution in [2.24, 2.45) is 12.1 Å². The van der Waals surface area contributed by atoms with Gasteiger partial charge in [-0.2, -0.15) is 5.10 Å². The SMILES string of the molecule is COc1nn(C)cc1C(=O)Nc1cccc(C(=O)NN=CN(C)C)n1. The number of rotatable bonds is 6. The number of carbonyl (C=O) groups is 2. The van der Waals surface area contributed by atoms with E-state index < -0.39 is 11.8 Å². The maximum atomic E-state index is 12.3. The number of hydrogen-bond donors (Lipinski definition) is 2. The maximum absolute atomic E-state index is 12.3. The van der Waals surface area contributed by atoms with Crippen molar-refractivity contribution in [2.75, 3.05) is 26.5 Å². The van der Waals surface area contributed by atoms with Gasteiger partial charge in [0.1, 0.15) is 23.4 Å². The molecule has 132 valence electrons. The summed E-state index contributed by atoms with van der Waals surface area (Å²) >= 11 is 0. The highest BCUT2D eigenvalue weighted by Gasteiger charge is 2.17. The number of methoxy groups -OCH3 is 1. The van der Waals surface area contributed by atoms with Gasteiger partial charge in [0.15, 0.2) is 0 Å². The van der Waals surface area contributed by atoms with Crippen LogP contribution in [-0.4, -0.2) is 59.0 Å². The Morgan fingerprint density at radius 2 is 2.08 bits per heavy atom. The number of hydrogen-bond acceptors (Lipinski definition) is 6. The van der Waals surface area contributed by atoms with Crippen molar-refractivity contribution in [3.05, 3.63) is 35.7 Å². The average molecular weight is 345 g/mol. The van der Waals surface area contributed by atoms with Gasteiger partial charge < -0.3 is 15.0 Å². The lowest BCUT2D eigenvalue weighted by molar-refractivity contribution is 0.0948. The van der Waals surface area contributed by atoms with E-state index in [1.165, 1.54) is 30.4 Å². The highest BCUT2D eigenvalue weighted by atomic mass is 16.5. The standard InChI is InChI=1S/C15H19N7O3/c1-21(2)9-16-19-14(24)11-6-5-7-12(17-11)18-13(23)10-8-22(3)20-15(10)25-4/h5-9H,1-4H3,(H,19,24)(H,17,18,23). The van der Waals surface area contributed by atoms with Gasteiger partial charge in [-0.1, -0.05) is 6.07 Å². The van der Waals surface area contributed by atoms with E-state index in [0.717, 1.165) is 0 Å². The normalized spacial score (nSPS) is 10.6. The minimum atomic E-state index is -0.492. The molecule has 25 heavy (non-hydrogen) atoms. The molecular weight excluding hydrogens is 326 g/mol. The largest absolute Gasteiger partial charge is 0.479 e. The zero-order valence-corrected chi connectivity index (χ0v) is 14.3. The molecule has 0 bridgehead atoms. The monoisotopic (exact) mass is 345 g/mol. The van der Waals surface area contributed by atoms with Crippen molar-refractivity contribution in [1.82, 2.24) is 25.1 Å². The van der Waals surface area contributed by atoms with Crippen LogP contribution in [0.25, 0.3) is 0 Å². The minimum Gasteiger partial charge on any atom is -0.479 e. The fraction of sp³-hybridized carbons (Fsp3) is 0.267. The Kier molecular flexibility index (Phi) is 5.66. The van der Waals surface area contributed by atoms with Crippen LogP contribution in [0.3, 0.4) is 0 Å². The Morgan fingerprint density at radius 3 is 2.76 bits per heavy atom. The van der Waals surface area contributed by atoms with Gasteiger partial charge in [0.25, 0.3) is 11.8 Å². The number of nitrogens with one attached hydrogen (secondary N) is 2. The smallest absolute Gasteiger partial charge is 0.290 e. The molecule has 0 aliphatic carbocycles. The van der Waals surface area contributed by atoms with Crippen LogP contribution >= 0.6 is 0 Å². The molecule has 2 amide bonds. The molecule has 0 radical (unpaired) electrons. The Hall–Kier alpha value is -3.43. The number of carbonyl (C=O) groups excluding carboxylic acids is 2. The number of pyridine rings is 1. The third-order valence-corrected chi connectivity index (χ3v) is 2.91. The van der Waals surface area contributed by atoms with Gasteiger partial charge in [-0.05, 0) is 12.1 Å². The fourth-order valence-corrected chi connectivity index (χ4v) is 1.85. The van der Waals surface area contributed by atoms with Gasteiger partial charge in [-0.25, -0.2) is 10.4 Å². The van der Waals surface area contributed by atoms with Crippen molar-refractivity contribution < 1.29 is 14.3 Å². The molecule has 2 heterocycles. The molecule has 2 aromatic heterocycles. The molecule has 2 N–H and O–H groups in total. The third-order valence-electron chi connectivity index (χ3n) is 2.91. The molecule has 10 nitrogen and oxygen atoms in total. The molecule has 0 fully saturated rings. The second kappa shape index (κ2) is 7.90. The molecule has 0 unspecified atom stereocenters. The molecule has 2 rings (SSSR count). The molecular formula is C15H19N7O3. The average Bonchev–Trinajstić information content (AvgIpc) is 2.96. The summed E-state index contributed by atoms with van der Waals surface area (Å²) in [6.45, 7) is 0. The van der Waals surface area contributed by atoms with E-state index in [4.69, 9.17) is 4.74 Å². The Bertz CT molecular complexity index is 798. The first kappa shape index (κ1) is 17.9. The van der Waals surface area contributed by atoms with E-state index >= 15 is 0 Å². The summed E-state index contributed by atoms with van der Waals surface area (Å²) in [5.74, 6) is -0.513. The van der Waals surface area contributed by atoms with Crippen molar-refractivity contribution in [2.45, 2.75) is 0 Å². The van der Waals surface area contributed by atoms with Crippen molar-refractivity contribution in [1.29, 1.82) is 0 Å². The minimum absolute atomic E-state index is 0.117. The summed E-state index contributed by atoms with van der Waals surface area (Å²) in [4.78, 5) is 30.1.